The number of aromatic nitrogens is 2. The molecule has 2 aromatic rings. The van der Waals surface area contributed by atoms with Gasteiger partial charge in [-0.3, -0.25) is 4.79 Å². The third-order valence-corrected chi connectivity index (χ3v) is 2.98. The maximum Gasteiger partial charge on any atom is 0.273 e. The Morgan fingerprint density at radius 2 is 2.50 bits per heavy atom. The molecule has 1 amide bonds. The first kappa shape index (κ1) is 9.29. The molecular formula is C8H7N3OS2. The van der Waals surface area contributed by atoms with Gasteiger partial charge in [0.15, 0.2) is 5.69 Å². The average Bonchev–Trinajstić information content (AvgIpc) is 2.87. The topological polar surface area (TPSA) is 54.9 Å². The van der Waals surface area contributed by atoms with Crippen molar-refractivity contribution in [3.05, 3.63) is 33.5 Å². The Bertz CT molecular complexity index is 396. The van der Waals surface area contributed by atoms with E-state index in [-0.39, 0.29) is 5.91 Å². The number of hydrogen-bond acceptors (Lipinski definition) is 5. The average molecular weight is 225 g/mol. The van der Waals surface area contributed by atoms with Gasteiger partial charge in [0.1, 0.15) is 0 Å². The standard InChI is InChI=1S/C8H7N3OS2/c12-8(7-5-14-11-10-7)9-4-6-2-1-3-13-6/h1-3,5H,4H2,(H,9,12). The number of nitrogens with zero attached hydrogens (tertiary/aromatic N) is 2. The Kier molecular flexibility index (Phi) is 2.85. The number of thiophene rings is 1. The van der Waals surface area contributed by atoms with Crippen LogP contribution in [0.3, 0.4) is 0 Å². The van der Waals surface area contributed by atoms with E-state index in [1.54, 1.807) is 16.7 Å². The normalized spacial score (nSPS) is 10.0. The molecule has 0 aromatic carbocycles. The first-order chi connectivity index (χ1) is 6.86. The number of amides is 1. The molecule has 0 atom stereocenters. The molecule has 2 heterocycles. The van der Waals surface area contributed by atoms with Crippen LogP contribution >= 0.6 is 22.9 Å². The van der Waals surface area contributed by atoms with Gasteiger partial charge in [-0.15, -0.1) is 16.4 Å². The zero-order valence-corrected chi connectivity index (χ0v) is 8.77. The lowest BCUT2D eigenvalue weighted by molar-refractivity contribution is 0.0946. The molecule has 0 unspecified atom stereocenters. The van der Waals surface area contributed by atoms with E-state index in [9.17, 15) is 4.79 Å². The third kappa shape index (κ3) is 2.15. The van der Waals surface area contributed by atoms with E-state index in [4.69, 9.17) is 0 Å². The van der Waals surface area contributed by atoms with Gasteiger partial charge in [0.2, 0.25) is 0 Å². The molecule has 0 saturated heterocycles. The van der Waals surface area contributed by atoms with E-state index in [0.717, 1.165) is 4.88 Å². The van der Waals surface area contributed by atoms with Crippen LogP contribution in [0.4, 0.5) is 0 Å². The molecule has 6 heteroatoms. The maximum absolute atomic E-state index is 11.4. The lowest BCUT2D eigenvalue weighted by Gasteiger charge is -1.99. The molecule has 0 spiro atoms. The van der Waals surface area contributed by atoms with Crippen molar-refractivity contribution in [2.45, 2.75) is 6.54 Å². The van der Waals surface area contributed by atoms with Crippen LogP contribution in [0, 0.1) is 0 Å². The molecule has 2 rings (SSSR count). The number of hydrogen-bond donors (Lipinski definition) is 1. The summed E-state index contributed by atoms with van der Waals surface area (Å²) in [6.07, 6.45) is 0. The van der Waals surface area contributed by atoms with Crippen LogP contribution in [0.2, 0.25) is 0 Å². The second kappa shape index (κ2) is 4.30. The third-order valence-electron chi connectivity index (χ3n) is 1.60. The quantitative estimate of drug-likeness (QED) is 0.861. The molecule has 4 nitrogen and oxygen atoms in total. The monoisotopic (exact) mass is 225 g/mol. The number of carbonyl (C=O) groups excluding carboxylic acids is 1. The van der Waals surface area contributed by atoms with Crippen LogP contribution < -0.4 is 5.32 Å². The van der Waals surface area contributed by atoms with E-state index in [1.165, 1.54) is 11.5 Å². The molecule has 0 aliphatic rings. The Labute approximate surface area is 88.8 Å². The summed E-state index contributed by atoms with van der Waals surface area (Å²) in [5.41, 5.74) is 0.381. The maximum atomic E-state index is 11.4. The van der Waals surface area contributed by atoms with Gasteiger partial charge in [-0.1, -0.05) is 10.6 Å². The molecular weight excluding hydrogens is 218 g/mol. The molecule has 0 aliphatic heterocycles. The van der Waals surface area contributed by atoms with Crippen LogP contribution in [0.1, 0.15) is 15.4 Å². The largest absolute Gasteiger partial charge is 0.346 e. The van der Waals surface area contributed by atoms with Gasteiger partial charge in [-0.05, 0) is 23.0 Å². The van der Waals surface area contributed by atoms with Gasteiger partial charge in [-0.2, -0.15) is 0 Å². The number of carbonyl (C=O) groups is 1. The van der Waals surface area contributed by atoms with Gasteiger partial charge in [-0.25, -0.2) is 0 Å². The second-order valence-corrected chi connectivity index (χ2v) is 4.19. The SMILES string of the molecule is O=C(NCc1cccs1)c1csnn1. The highest BCUT2D eigenvalue weighted by atomic mass is 32.1. The van der Waals surface area contributed by atoms with E-state index in [1.807, 2.05) is 17.5 Å². The Balaban J connectivity index is 1.90. The van der Waals surface area contributed by atoms with Crippen LogP contribution in [0.15, 0.2) is 22.9 Å². The molecule has 0 saturated carbocycles. The molecule has 2 aromatic heterocycles. The summed E-state index contributed by atoms with van der Waals surface area (Å²) >= 11 is 2.79. The zero-order valence-electron chi connectivity index (χ0n) is 7.14. The molecule has 0 fully saturated rings. The van der Waals surface area contributed by atoms with E-state index < -0.39 is 0 Å². The minimum atomic E-state index is -0.174. The highest BCUT2D eigenvalue weighted by Crippen LogP contribution is 2.07. The minimum Gasteiger partial charge on any atom is -0.346 e. The lowest BCUT2D eigenvalue weighted by atomic mass is 10.4. The van der Waals surface area contributed by atoms with Crippen molar-refractivity contribution in [2.75, 3.05) is 0 Å². The molecule has 72 valence electrons. The fraction of sp³-hybridized carbons (Fsp3) is 0.125. The van der Waals surface area contributed by atoms with Crippen molar-refractivity contribution >= 4 is 28.8 Å². The minimum absolute atomic E-state index is 0.174. The number of rotatable bonds is 3. The van der Waals surface area contributed by atoms with Gasteiger partial charge in [0.25, 0.3) is 5.91 Å². The summed E-state index contributed by atoms with van der Waals surface area (Å²) in [4.78, 5) is 12.5. The van der Waals surface area contributed by atoms with Crippen molar-refractivity contribution in [1.82, 2.24) is 14.9 Å². The fourth-order valence-corrected chi connectivity index (χ4v) is 2.02. The zero-order chi connectivity index (χ0) is 9.80. The molecule has 14 heavy (non-hydrogen) atoms. The molecule has 0 bridgehead atoms. The van der Waals surface area contributed by atoms with Gasteiger partial charge < -0.3 is 5.32 Å². The van der Waals surface area contributed by atoms with Crippen molar-refractivity contribution in [2.24, 2.45) is 0 Å². The summed E-state index contributed by atoms with van der Waals surface area (Å²) in [5, 5.41) is 10.0. The van der Waals surface area contributed by atoms with Crippen LogP contribution in [0.25, 0.3) is 0 Å². The summed E-state index contributed by atoms with van der Waals surface area (Å²) < 4.78 is 3.62. The summed E-state index contributed by atoms with van der Waals surface area (Å²) in [5.74, 6) is -0.174. The highest BCUT2D eigenvalue weighted by Gasteiger charge is 2.07. The Morgan fingerprint density at radius 1 is 1.57 bits per heavy atom. The summed E-state index contributed by atoms with van der Waals surface area (Å²) in [6, 6.07) is 3.93. The first-order valence-corrected chi connectivity index (χ1v) is 5.65. The van der Waals surface area contributed by atoms with Crippen LogP contribution in [-0.2, 0) is 6.54 Å². The van der Waals surface area contributed by atoms with Crippen LogP contribution in [-0.4, -0.2) is 15.5 Å². The highest BCUT2D eigenvalue weighted by molar-refractivity contribution is 7.09. The van der Waals surface area contributed by atoms with Crippen LogP contribution in [0.5, 0.6) is 0 Å². The second-order valence-electron chi connectivity index (χ2n) is 2.55. The van der Waals surface area contributed by atoms with E-state index in [0.29, 0.717) is 12.2 Å². The molecule has 0 radical (unpaired) electrons. The fourth-order valence-electron chi connectivity index (χ4n) is 0.935. The summed E-state index contributed by atoms with van der Waals surface area (Å²) in [6.45, 7) is 0.550. The Hall–Kier alpha value is -1.27. The van der Waals surface area contributed by atoms with Gasteiger partial charge >= 0.3 is 0 Å². The van der Waals surface area contributed by atoms with E-state index in [2.05, 4.69) is 14.9 Å². The first-order valence-electron chi connectivity index (χ1n) is 3.94. The smallest absolute Gasteiger partial charge is 0.273 e. The lowest BCUT2D eigenvalue weighted by Crippen LogP contribution is -2.22. The molecule has 0 aliphatic carbocycles. The summed E-state index contributed by atoms with van der Waals surface area (Å²) in [7, 11) is 0. The number of nitrogens with one attached hydrogen (secondary N) is 1. The Morgan fingerprint density at radius 3 is 3.14 bits per heavy atom. The predicted octanol–water partition coefficient (Wildman–Crippen LogP) is 1.53. The van der Waals surface area contributed by atoms with Crippen molar-refractivity contribution in [3.63, 3.8) is 0 Å². The van der Waals surface area contributed by atoms with Crippen molar-refractivity contribution < 1.29 is 4.79 Å². The van der Waals surface area contributed by atoms with Gasteiger partial charge in [0, 0.05) is 10.3 Å². The molecule has 1 N–H and O–H groups in total. The van der Waals surface area contributed by atoms with Crippen molar-refractivity contribution in [3.8, 4) is 0 Å². The van der Waals surface area contributed by atoms with E-state index >= 15 is 0 Å². The van der Waals surface area contributed by atoms with Gasteiger partial charge in [0.05, 0.1) is 6.54 Å². The predicted molar refractivity (Wildman–Crippen MR) is 55.4 cm³/mol. The van der Waals surface area contributed by atoms with Crippen molar-refractivity contribution in [1.29, 1.82) is 0 Å².